The number of rotatable bonds is 2. The first-order valence-electron chi connectivity index (χ1n) is 5.91. The van der Waals surface area contributed by atoms with Crippen LogP contribution in [0.3, 0.4) is 0 Å². The lowest BCUT2D eigenvalue weighted by atomic mass is 10.1. The van der Waals surface area contributed by atoms with Crippen molar-refractivity contribution >= 4 is 0 Å². The average molecular weight is 228 g/mol. The number of methoxy groups -OCH3 is 1. The largest absolute Gasteiger partial charge is 0.497 e. The summed E-state index contributed by atoms with van der Waals surface area (Å²) < 4.78 is 7.58. The molecular weight excluding hydrogens is 212 g/mol. The number of benzene rings is 1. The zero-order chi connectivity index (χ0) is 11.7. The molecule has 2 heterocycles. The van der Waals surface area contributed by atoms with Crippen LogP contribution in [0.4, 0.5) is 0 Å². The van der Waals surface area contributed by atoms with Gasteiger partial charge < -0.3 is 14.6 Å². The summed E-state index contributed by atoms with van der Waals surface area (Å²) in [6, 6.07) is 10.5. The molecule has 0 saturated heterocycles. The van der Waals surface area contributed by atoms with Crippen molar-refractivity contribution in [2.75, 3.05) is 13.7 Å². The Kier molecular flexibility index (Phi) is 2.61. The van der Waals surface area contributed by atoms with E-state index in [1.807, 2.05) is 12.1 Å². The monoisotopic (exact) mass is 228 g/mol. The second-order valence-electron chi connectivity index (χ2n) is 4.32. The van der Waals surface area contributed by atoms with E-state index in [0.29, 0.717) is 0 Å². The van der Waals surface area contributed by atoms with Gasteiger partial charge in [0.1, 0.15) is 5.75 Å². The summed E-state index contributed by atoms with van der Waals surface area (Å²) in [7, 11) is 1.70. The fraction of sp³-hybridized carbons (Fsp3) is 0.286. The van der Waals surface area contributed by atoms with Crippen LogP contribution in [0.5, 0.6) is 5.75 Å². The van der Waals surface area contributed by atoms with Gasteiger partial charge in [-0.05, 0) is 29.3 Å². The van der Waals surface area contributed by atoms with E-state index < -0.39 is 0 Å². The minimum Gasteiger partial charge on any atom is -0.497 e. The maximum Gasteiger partial charge on any atom is 0.119 e. The molecule has 0 bridgehead atoms. The van der Waals surface area contributed by atoms with E-state index in [2.05, 4.69) is 34.3 Å². The van der Waals surface area contributed by atoms with Gasteiger partial charge in [0, 0.05) is 31.5 Å². The minimum absolute atomic E-state index is 0.907. The molecule has 2 aromatic rings. The van der Waals surface area contributed by atoms with E-state index in [9.17, 15) is 0 Å². The lowest BCUT2D eigenvalue weighted by Gasteiger charge is -2.15. The Hall–Kier alpha value is -1.74. The van der Waals surface area contributed by atoms with Gasteiger partial charge in [0.15, 0.2) is 0 Å². The predicted octanol–water partition coefficient (Wildman–Crippen LogP) is 2.27. The molecular formula is C14H16N2O. The zero-order valence-electron chi connectivity index (χ0n) is 9.94. The normalized spacial score (nSPS) is 14.4. The molecule has 88 valence electrons. The molecule has 1 aromatic heterocycles. The molecule has 0 saturated carbocycles. The molecule has 3 rings (SSSR count). The molecule has 0 fully saturated rings. The van der Waals surface area contributed by atoms with Crippen LogP contribution in [-0.2, 0) is 13.1 Å². The molecule has 0 atom stereocenters. The Morgan fingerprint density at radius 1 is 1.24 bits per heavy atom. The van der Waals surface area contributed by atoms with Gasteiger partial charge in [-0.3, -0.25) is 0 Å². The van der Waals surface area contributed by atoms with Crippen molar-refractivity contribution in [3.63, 3.8) is 0 Å². The minimum atomic E-state index is 0.907. The van der Waals surface area contributed by atoms with Crippen LogP contribution in [-0.4, -0.2) is 18.2 Å². The van der Waals surface area contributed by atoms with E-state index in [4.69, 9.17) is 4.74 Å². The van der Waals surface area contributed by atoms with Crippen LogP contribution in [0.15, 0.2) is 36.5 Å². The molecule has 3 heteroatoms. The third-order valence-corrected chi connectivity index (χ3v) is 3.22. The fourth-order valence-corrected chi connectivity index (χ4v) is 2.29. The summed E-state index contributed by atoms with van der Waals surface area (Å²) in [5, 5.41) is 3.38. The van der Waals surface area contributed by atoms with Crippen LogP contribution in [0.1, 0.15) is 5.69 Å². The quantitative estimate of drug-likeness (QED) is 0.853. The van der Waals surface area contributed by atoms with Crippen molar-refractivity contribution in [2.45, 2.75) is 13.1 Å². The van der Waals surface area contributed by atoms with Crippen LogP contribution in [0, 0.1) is 0 Å². The summed E-state index contributed by atoms with van der Waals surface area (Å²) in [5.74, 6) is 0.907. The molecule has 1 aliphatic rings. The molecule has 0 radical (unpaired) electrons. The number of nitrogens with one attached hydrogen (secondary N) is 1. The molecule has 3 nitrogen and oxygen atoms in total. The summed E-state index contributed by atoms with van der Waals surface area (Å²) in [4.78, 5) is 0. The maximum atomic E-state index is 5.26. The highest BCUT2D eigenvalue weighted by Gasteiger charge is 2.11. The predicted molar refractivity (Wildman–Crippen MR) is 68.1 cm³/mol. The highest BCUT2D eigenvalue weighted by Crippen LogP contribution is 2.26. The summed E-state index contributed by atoms with van der Waals surface area (Å²) in [6.45, 7) is 3.07. The maximum absolute atomic E-state index is 5.26. The van der Waals surface area contributed by atoms with Crippen molar-refractivity contribution < 1.29 is 4.74 Å². The molecule has 0 spiro atoms. The molecule has 1 N–H and O–H groups in total. The fourth-order valence-electron chi connectivity index (χ4n) is 2.29. The number of ether oxygens (including phenoxy) is 1. The Morgan fingerprint density at radius 2 is 2.18 bits per heavy atom. The molecule has 0 aliphatic carbocycles. The second kappa shape index (κ2) is 4.26. The SMILES string of the molecule is COc1cccc(-c2cc3n(c2)CCNC3)c1. The van der Waals surface area contributed by atoms with Crippen LogP contribution in [0.2, 0.25) is 0 Å². The van der Waals surface area contributed by atoms with Gasteiger partial charge in [-0.2, -0.15) is 0 Å². The first-order chi connectivity index (χ1) is 8.36. The van der Waals surface area contributed by atoms with Crippen molar-refractivity contribution in [3.8, 4) is 16.9 Å². The van der Waals surface area contributed by atoms with Gasteiger partial charge in [0.2, 0.25) is 0 Å². The zero-order valence-corrected chi connectivity index (χ0v) is 9.94. The number of hydrogen-bond acceptors (Lipinski definition) is 2. The Morgan fingerprint density at radius 3 is 3.00 bits per heavy atom. The first-order valence-corrected chi connectivity index (χ1v) is 5.91. The molecule has 1 aromatic carbocycles. The van der Waals surface area contributed by atoms with E-state index >= 15 is 0 Å². The Labute approximate surface area is 101 Å². The third kappa shape index (κ3) is 1.94. The second-order valence-corrected chi connectivity index (χ2v) is 4.32. The van der Waals surface area contributed by atoms with E-state index in [1.165, 1.54) is 16.8 Å². The van der Waals surface area contributed by atoms with Crippen molar-refractivity contribution in [3.05, 3.63) is 42.2 Å². The third-order valence-electron chi connectivity index (χ3n) is 3.22. The lowest BCUT2D eigenvalue weighted by Crippen LogP contribution is -2.27. The number of fused-ring (bicyclic) bond motifs is 1. The highest BCUT2D eigenvalue weighted by molar-refractivity contribution is 5.65. The van der Waals surface area contributed by atoms with Gasteiger partial charge >= 0.3 is 0 Å². The molecule has 1 aliphatic heterocycles. The molecule has 0 unspecified atom stereocenters. The smallest absolute Gasteiger partial charge is 0.119 e. The summed E-state index contributed by atoms with van der Waals surface area (Å²) in [6.07, 6.45) is 2.23. The van der Waals surface area contributed by atoms with Crippen LogP contribution < -0.4 is 10.1 Å². The summed E-state index contributed by atoms with van der Waals surface area (Å²) >= 11 is 0. The standard InChI is InChI=1S/C14H16N2O/c1-17-14-4-2-3-11(8-14)12-7-13-9-15-5-6-16(13)10-12/h2-4,7-8,10,15H,5-6,9H2,1H3. The number of aromatic nitrogens is 1. The van der Waals surface area contributed by atoms with Gasteiger partial charge in [0.05, 0.1) is 7.11 Å². The Bertz CT molecular complexity index is 507. The van der Waals surface area contributed by atoms with Gasteiger partial charge in [-0.1, -0.05) is 12.1 Å². The first kappa shape index (κ1) is 10.4. The summed E-state index contributed by atoms with van der Waals surface area (Å²) in [5.41, 5.74) is 3.84. The molecule has 17 heavy (non-hydrogen) atoms. The average Bonchev–Trinajstić information content (AvgIpc) is 2.82. The van der Waals surface area contributed by atoms with Crippen LogP contribution >= 0.6 is 0 Å². The van der Waals surface area contributed by atoms with Gasteiger partial charge in [0.25, 0.3) is 0 Å². The number of nitrogens with zero attached hydrogens (tertiary/aromatic N) is 1. The van der Waals surface area contributed by atoms with E-state index in [1.54, 1.807) is 7.11 Å². The topological polar surface area (TPSA) is 26.2 Å². The Balaban J connectivity index is 2.00. The van der Waals surface area contributed by atoms with E-state index in [0.717, 1.165) is 25.4 Å². The van der Waals surface area contributed by atoms with Gasteiger partial charge in [-0.15, -0.1) is 0 Å². The van der Waals surface area contributed by atoms with E-state index in [-0.39, 0.29) is 0 Å². The van der Waals surface area contributed by atoms with Crippen molar-refractivity contribution in [1.82, 2.24) is 9.88 Å². The van der Waals surface area contributed by atoms with Gasteiger partial charge in [-0.25, -0.2) is 0 Å². The van der Waals surface area contributed by atoms with Crippen LogP contribution in [0.25, 0.3) is 11.1 Å². The highest BCUT2D eigenvalue weighted by atomic mass is 16.5. The number of hydrogen-bond donors (Lipinski definition) is 1. The van der Waals surface area contributed by atoms with Crippen molar-refractivity contribution in [2.24, 2.45) is 0 Å². The lowest BCUT2D eigenvalue weighted by molar-refractivity contribution is 0.415. The van der Waals surface area contributed by atoms with Crippen molar-refractivity contribution in [1.29, 1.82) is 0 Å². The molecule has 0 amide bonds.